The van der Waals surface area contributed by atoms with Gasteiger partial charge in [0.1, 0.15) is 12.4 Å². The van der Waals surface area contributed by atoms with Gasteiger partial charge in [0.15, 0.2) is 0 Å². The summed E-state index contributed by atoms with van der Waals surface area (Å²) in [6.45, 7) is 0.924. The van der Waals surface area contributed by atoms with E-state index >= 15 is 0 Å². The number of carbonyl (C=O) groups excluding carboxylic acids is 2. The zero-order valence-electron chi connectivity index (χ0n) is 13.0. The number of amides is 2. The Morgan fingerprint density at radius 3 is 2.29 bits per heavy atom. The molecule has 24 heavy (non-hydrogen) atoms. The summed E-state index contributed by atoms with van der Waals surface area (Å²) in [6.07, 6.45) is 0. The number of hydrogen-bond donors (Lipinski definition) is 2. The lowest BCUT2D eigenvalue weighted by atomic mass is 10.2. The number of hydrazine groups is 1. The van der Waals surface area contributed by atoms with Crippen LogP contribution in [0.1, 0.15) is 20.7 Å². The Morgan fingerprint density at radius 1 is 0.958 bits per heavy atom. The SMILES string of the molecule is COCCOc1ccc(C(=O)NNC(=O)c2ccccc2Br)cc1. The minimum absolute atomic E-state index is 0.404. The highest BCUT2D eigenvalue weighted by molar-refractivity contribution is 9.10. The number of carbonyl (C=O) groups is 2. The fourth-order valence-corrected chi connectivity index (χ4v) is 2.31. The van der Waals surface area contributed by atoms with Crippen molar-refractivity contribution in [3.8, 4) is 5.75 Å². The smallest absolute Gasteiger partial charge is 0.270 e. The van der Waals surface area contributed by atoms with Crippen LogP contribution in [0.15, 0.2) is 53.0 Å². The van der Waals surface area contributed by atoms with Crippen LogP contribution in [0.4, 0.5) is 0 Å². The van der Waals surface area contributed by atoms with Gasteiger partial charge in [-0.3, -0.25) is 20.4 Å². The predicted molar refractivity (Wildman–Crippen MR) is 92.9 cm³/mol. The Morgan fingerprint density at radius 2 is 1.62 bits per heavy atom. The van der Waals surface area contributed by atoms with Crippen molar-refractivity contribution in [1.82, 2.24) is 10.9 Å². The molecule has 0 fully saturated rings. The van der Waals surface area contributed by atoms with Crippen LogP contribution in [0.3, 0.4) is 0 Å². The van der Waals surface area contributed by atoms with E-state index in [4.69, 9.17) is 9.47 Å². The van der Waals surface area contributed by atoms with Gasteiger partial charge in [0.2, 0.25) is 0 Å². The molecule has 0 spiro atoms. The van der Waals surface area contributed by atoms with Crippen LogP contribution in [-0.4, -0.2) is 32.1 Å². The van der Waals surface area contributed by atoms with Crippen LogP contribution in [0, 0.1) is 0 Å². The van der Waals surface area contributed by atoms with Gasteiger partial charge in [-0.05, 0) is 52.3 Å². The second kappa shape index (κ2) is 9.05. The van der Waals surface area contributed by atoms with Gasteiger partial charge in [0.25, 0.3) is 11.8 Å². The molecule has 0 aromatic heterocycles. The van der Waals surface area contributed by atoms with Gasteiger partial charge in [0.05, 0.1) is 12.2 Å². The third-order valence-corrected chi connectivity index (χ3v) is 3.77. The third kappa shape index (κ3) is 5.07. The van der Waals surface area contributed by atoms with Crippen molar-refractivity contribution >= 4 is 27.7 Å². The number of hydrogen-bond acceptors (Lipinski definition) is 4. The highest BCUT2D eigenvalue weighted by atomic mass is 79.9. The molecule has 6 nitrogen and oxygen atoms in total. The minimum atomic E-state index is -0.418. The van der Waals surface area contributed by atoms with Crippen molar-refractivity contribution in [2.24, 2.45) is 0 Å². The van der Waals surface area contributed by atoms with Crippen molar-refractivity contribution in [2.75, 3.05) is 20.3 Å². The molecule has 0 aliphatic heterocycles. The molecule has 0 unspecified atom stereocenters. The first-order chi connectivity index (χ1) is 11.6. The van der Waals surface area contributed by atoms with E-state index in [0.717, 1.165) is 0 Å². The minimum Gasteiger partial charge on any atom is -0.491 e. The summed E-state index contributed by atoms with van der Waals surface area (Å²) >= 11 is 3.29. The Kier molecular flexibility index (Phi) is 6.77. The van der Waals surface area contributed by atoms with Crippen LogP contribution in [0.2, 0.25) is 0 Å². The maximum atomic E-state index is 12.0. The molecule has 7 heteroatoms. The maximum Gasteiger partial charge on any atom is 0.270 e. The zero-order chi connectivity index (χ0) is 17.4. The van der Waals surface area contributed by atoms with Gasteiger partial charge in [-0.1, -0.05) is 12.1 Å². The van der Waals surface area contributed by atoms with Crippen molar-refractivity contribution < 1.29 is 19.1 Å². The van der Waals surface area contributed by atoms with Gasteiger partial charge < -0.3 is 9.47 Å². The summed E-state index contributed by atoms with van der Waals surface area (Å²) in [4.78, 5) is 24.1. The van der Waals surface area contributed by atoms with Crippen LogP contribution < -0.4 is 15.6 Å². The molecule has 2 N–H and O–H groups in total. The van der Waals surface area contributed by atoms with E-state index in [-0.39, 0.29) is 0 Å². The predicted octanol–water partition coefficient (Wildman–Crippen LogP) is 2.55. The van der Waals surface area contributed by atoms with E-state index in [2.05, 4.69) is 26.8 Å². The number of nitrogens with one attached hydrogen (secondary N) is 2. The first kappa shape index (κ1) is 18.0. The number of benzene rings is 2. The zero-order valence-corrected chi connectivity index (χ0v) is 14.6. The number of methoxy groups -OCH3 is 1. The Labute approximate surface area is 148 Å². The third-order valence-electron chi connectivity index (χ3n) is 3.08. The molecule has 0 aliphatic carbocycles. The topological polar surface area (TPSA) is 76.7 Å². The van der Waals surface area contributed by atoms with E-state index in [9.17, 15) is 9.59 Å². The van der Waals surface area contributed by atoms with Crippen LogP contribution in [0.5, 0.6) is 5.75 Å². The highest BCUT2D eigenvalue weighted by Gasteiger charge is 2.11. The molecule has 2 amide bonds. The summed E-state index contributed by atoms with van der Waals surface area (Å²) < 4.78 is 11.0. The van der Waals surface area contributed by atoms with Gasteiger partial charge >= 0.3 is 0 Å². The van der Waals surface area contributed by atoms with E-state index in [1.165, 1.54) is 0 Å². The molecular formula is C17H17BrN2O4. The second-order valence-electron chi connectivity index (χ2n) is 4.75. The fourth-order valence-electron chi connectivity index (χ4n) is 1.84. The Hall–Kier alpha value is -2.38. The molecule has 2 aromatic rings. The number of ether oxygens (including phenoxy) is 2. The average Bonchev–Trinajstić information content (AvgIpc) is 2.60. The second-order valence-corrected chi connectivity index (χ2v) is 5.61. The first-order valence-corrected chi connectivity index (χ1v) is 7.98. The van der Waals surface area contributed by atoms with Crippen LogP contribution >= 0.6 is 15.9 Å². The van der Waals surface area contributed by atoms with Gasteiger partial charge in [-0.15, -0.1) is 0 Å². The molecule has 0 bridgehead atoms. The first-order valence-electron chi connectivity index (χ1n) is 7.19. The lowest BCUT2D eigenvalue weighted by molar-refractivity contribution is 0.0846. The molecular weight excluding hydrogens is 376 g/mol. The molecule has 0 atom stereocenters. The summed E-state index contributed by atoms with van der Waals surface area (Å²) in [5.74, 6) is -0.185. The van der Waals surface area contributed by atoms with Crippen molar-refractivity contribution in [2.45, 2.75) is 0 Å². The lowest BCUT2D eigenvalue weighted by Crippen LogP contribution is -2.41. The molecule has 2 aromatic carbocycles. The molecule has 0 saturated heterocycles. The van der Waals surface area contributed by atoms with Gasteiger partial charge in [-0.2, -0.15) is 0 Å². The lowest BCUT2D eigenvalue weighted by Gasteiger charge is -2.09. The summed E-state index contributed by atoms with van der Waals surface area (Å²) in [7, 11) is 1.60. The average molecular weight is 393 g/mol. The fraction of sp³-hybridized carbons (Fsp3) is 0.176. The summed E-state index contributed by atoms with van der Waals surface area (Å²) in [6, 6.07) is 13.5. The largest absolute Gasteiger partial charge is 0.491 e. The highest BCUT2D eigenvalue weighted by Crippen LogP contribution is 2.15. The summed E-state index contributed by atoms with van der Waals surface area (Å²) in [5, 5.41) is 0. The van der Waals surface area contributed by atoms with Crippen molar-refractivity contribution in [1.29, 1.82) is 0 Å². The van der Waals surface area contributed by atoms with Gasteiger partial charge in [0, 0.05) is 17.1 Å². The molecule has 2 rings (SSSR count). The normalized spacial score (nSPS) is 10.1. The monoisotopic (exact) mass is 392 g/mol. The van der Waals surface area contributed by atoms with E-state index in [1.807, 2.05) is 0 Å². The molecule has 0 saturated carbocycles. The van der Waals surface area contributed by atoms with E-state index < -0.39 is 11.8 Å². The van der Waals surface area contributed by atoms with Crippen LogP contribution in [0.25, 0.3) is 0 Å². The molecule has 0 radical (unpaired) electrons. The Bertz CT molecular complexity index is 704. The number of halogens is 1. The van der Waals surface area contributed by atoms with Crippen molar-refractivity contribution in [3.05, 3.63) is 64.1 Å². The number of rotatable bonds is 6. The quantitative estimate of drug-likeness (QED) is 0.584. The van der Waals surface area contributed by atoms with Crippen LogP contribution in [-0.2, 0) is 4.74 Å². The summed E-state index contributed by atoms with van der Waals surface area (Å²) in [5.41, 5.74) is 5.59. The standard InChI is InChI=1S/C17H17BrN2O4/c1-23-10-11-24-13-8-6-12(7-9-13)16(21)19-20-17(22)14-4-2-3-5-15(14)18/h2-9H,10-11H2,1H3,(H,19,21)(H,20,22). The molecule has 0 aliphatic rings. The molecule has 0 heterocycles. The Balaban J connectivity index is 1.88. The van der Waals surface area contributed by atoms with Gasteiger partial charge in [-0.25, -0.2) is 0 Å². The van der Waals surface area contributed by atoms with E-state index in [1.54, 1.807) is 55.6 Å². The molecule has 126 valence electrons. The van der Waals surface area contributed by atoms with E-state index in [0.29, 0.717) is 34.6 Å². The van der Waals surface area contributed by atoms with Crippen molar-refractivity contribution in [3.63, 3.8) is 0 Å². The maximum absolute atomic E-state index is 12.0.